The standard InChI is InChI=1S/C32H37NO4/c1-35-31(34)28-7-4-23(5-8-28)2-3-24-6-9-30(37-15-12-33-10-13-36-14-11-33)29(19-24)32-20-25-16-26(21-32)18-27(17-25)22-32/h4-9,19,25-27H,10-18,20-22H2,1H3. The summed E-state index contributed by atoms with van der Waals surface area (Å²) in [4.78, 5) is 14.2. The Balaban J connectivity index is 1.25. The molecule has 5 aliphatic rings. The number of morpholine rings is 1. The third-order valence-corrected chi connectivity index (χ3v) is 9.02. The molecule has 7 rings (SSSR count). The Morgan fingerprint density at radius 2 is 1.57 bits per heavy atom. The minimum absolute atomic E-state index is 0.239. The van der Waals surface area contributed by atoms with Crippen LogP contribution in [0.3, 0.4) is 0 Å². The second-order valence-electron chi connectivity index (χ2n) is 11.5. The Hall–Kier alpha value is -2.81. The molecule has 1 saturated heterocycles. The van der Waals surface area contributed by atoms with Gasteiger partial charge in [-0.2, -0.15) is 0 Å². The van der Waals surface area contributed by atoms with E-state index < -0.39 is 0 Å². The number of esters is 1. The third-order valence-electron chi connectivity index (χ3n) is 9.02. The molecule has 2 aromatic rings. The average molecular weight is 500 g/mol. The third kappa shape index (κ3) is 5.28. The summed E-state index contributed by atoms with van der Waals surface area (Å²) in [6, 6.07) is 13.9. The fraction of sp³-hybridized carbons (Fsp3) is 0.531. The van der Waals surface area contributed by atoms with E-state index in [-0.39, 0.29) is 11.4 Å². The quantitative estimate of drug-likeness (QED) is 0.411. The molecule has 37 heavy (non-hydrogen) atoms. The molecule has 0 spiro atoms. The second kappa shape index (κ2) is 10.5. The molecule has 5 nitrogen and oxygen atoms in total. The summed E-state index contributed by atoms with van der Waals surface area (Å²) in [5.41, 5.74) is 4.08. The van der Waals surface area contributed by atoms with Crippen LogP contribution in [0.5, 0.6) is 5.75 Å². The summed E-state index contributed by atoms with van der Waals surface area (Å²) in [6.07, 6.45) is 8.16. The molecule has 0 radical (unpaired) electrons. The lowest BCUT2D eigenvalue weighted by atomic mass is 9.48. The number of ether oxygens (including phenoxy) is 3. The lowest BCUT2D eigenvalue weighted by Gasteiger charge is -2.57. The van der Waals surface area contributed by atoms with Gasteiger partial charge in [-0.05, 0) is 104 Å². The molecule has 5 fully saturated rings. The number of hydrogen-bond acceptors (Lipinski definition) is 5. The van der Waals surface area contributed by atoms with E-state index in [0.717, 1.165) is 67.5 Å². The number of methoxy groups -OCH3 is 1. The topological polar surface area (TPSA) is 48.0 Å². The highest BCUT2D eigenvalue weighted by atomic mass is 16.5. The van der Waals surface area contributed by atoms with Crippen LogP contribution < -0.4 is 4.74 Å². The first-order chi connectivity index (χ1) is 18.1. The molecule has 2 aromatic carbocycles. The van der Waals surface area contributed by atoms with E-state index in [1.54, 1.807) is 12.1 Å². The van der Waals surface area contributed by atoms with Gasteiger partial charge in [0.25, 0.3) is 0 Å². The van der Waals surface area contributed by atoms with Gasteiger partial charge >= 0.3 is 5.97 Å². The first-order valence-electron chi connectivity index (χ1n) is 13.9. The Bertz CT molecular complexity index is 1150. The van der Waals surface area contributed by atoms with Crippen molar-refractivity contribution < 1.29 is 19.0 Å². The molecular weight excluding hydrogens is 462 g/mol. The minimum atomic E-state index is -0.330. The molecule has 4 saturated carbocycles. The Morgan fingerprint density at radius 1 is 0.946 bits per heavy atom. The first kappa shape index (κ1) is 24.5. The van der Waals surface area contributed by atoms with Gasteiger partial charge in [-0.3, -0.25) is 4.90 Å². The summed E-state index contributed by atoms with van der Waals surface area (Å²) in [5.74, 6) is 10.0. The van der Waals surface area contributed by atoms with Crippen LogP contribution in [0.15, 0.2) is 42.5 Å². The van der Waals surface area contributed by atoms with Crippen molar-refractivity contribution in [2.24, 2.45) is 17.8 Å². The molecule has 1 aliphatic heterocycles. The van der Waals surface area contributed by atoms with E-state index >= 15 is 0 Å². The Kier molecular flexibility index (Phi) is 6.97. The van der Waals surface area contributed by atoms with Crippen LogP contribution in [-0.2, 0) is 14.9 Å². The fourth-order valence-corrected chi connectivity index (χ4v) is 7.65. The summed E-state index contributed by atoms with van der Waals surface area (Å²) < 4.78 is 16.8. The highest BCUT2D eigenvalue weighted by Gasteiger charge is 2.52. The maximum Gasteiger partial charge on any atom is 0.337 e. The van der Waals surface area contributed by atoms with Gasteiger partial charge < -0.3 is 14.2 Å². The van der Waals surface area contributed by atoms with Gasteiger partial charge in [0.15, 0.2) is 0 Å². The van der Waals surface area contributed by atoms with Gasteiger partial charge in [0, 0.05) is 36.3 Å². The maximum absolute atomic E-state index is 11.7. The van der Waals surface area contributed by atoms with Crippen LogP contribution in [-0.4, -0.2) is 57.4 Å². The van der Waals surface area contributed by atoms with Crippen molar-refractivity contribution in [3.05, 3.63) is 64.7 Å². The smallest absolute Gasteiger partial charge is 0.337 e. The van der Waals surface area contributed by atoms with Gasteiger partial charge in [0.05, 0.1) is 25.9 Å². The van der Waals surface area contributed by atoms with Crippen LogP contribution in [0, 0.1) is 29.6 Å². The summed E-state index contributed by atoms with van der Waals surface area (Å²) >= 11 is 0. The van der Waals surface area contributed by atoms with Gasteiger partial charge in [-0.25, -0.2) is 4.79 Å². The highest BCUT2D eigenvalue weighted by molar-refractivity contribution is 5.89. The number of hydrogen-bond donors (Lipinski definition) is 0. The van der Waals surface area contributed by atoms with Crippen molar-refractivity contribution in [3.63, 3.8) is 0 Å². The largest absolute Gasteiger partial charge is 0.492 e. The predicted octanol–water partition coefficient (Wildman–Crippen LogP) is 5.05. The average Bonchev–Trinajstić information content (AvgIpc) is 2.92. The van der Waals surface area contributed by atoms with Crippen molar-refractivity contribution in [2.45, 2.75) is 43.9 Å². The molecular formula is C32H37NO4. The number of carbonyl (C=O) groups excluding carboxylic acids is 1. The van der Waals surface area contributed by atoms with Crippen LogP contribution in [0.4, 0.5) is 0 Å². The zero-order chi connectivity index (χ0) is 25.2. The molecule has 1 heterocycles. The highest BCUT2D eigenvalue weighted by Crippen LogP contribution is 2.61. The molecule has 4 aliphatic carbocycles. The van der Waals surface area contributed by atoms with Crippen molar-refractivity contribution in [1.29, 1.82) is 0 Å². The van der Waals surface area contributed by atoms with E-state index in [1.807, 2.05) is 12.1 Å². The van der Waals surface area contributed by atoms with E-state index in [4.69, 9.17) is 14.2 Å². The molecule has 0 aromatic heterocycles. The summed E-state index contributed by atoms with van der Waals surface area (Å²) in [7, 11) is 1.40. The number of benzene rings is 2. The van der Waals surface area contributed by atoms with Crippen LogP contribution in [0.1, 0.15) is 65.6 Å². The van der Waals surface area contributed by atoms with E-state index in [2.05, 4.69) is 34.9 Å². The second-order valence-corrected chi connectivity index (χ2v) is 11.5. The molecule has 0 amide bonds. The van der Waals surface area contributed by atoms with E-state index in [9.17, 15) is 4.79 Å². The van der Waals surface area contributed by atoms with Gasteiger partial charge in [-0.15, -0.1) is 0 Å². The normalized spacial score (nSPS) is 28.4. The predicted molar refractivity (Wildman–Crippen MR) is 143 cm³/mol. The summed E-state index contributed by atoms with van der Waals surface area (Å²) in [6.45, 7) is 5.25. The van der Waals surface area contributed by atoms with Crippen LogP contribution in [0.25, 0.3) is 0 Å². The molecule has 4 bridgehead atoms. The van der Waals surface area contributed by atoms with Crippen molar-refractivity contribution >= 4 is 5.97 Å². The number of rotatable bonds is 6. The number of carbonyl (C=O) groups is 1. The SMILES string of the molecule is COC(=O)c1ccc(C#Cc2ccc(OCCN3CCOCC3)c(C34CC5CC(CC(C5)C3)C4)c2)cc1. The Labute approximate surface area is 220 Å². The molecule has 5 heteroatoms. The van der Waals surface area contributed by atoms with Crippen LogP contribution >= 0.6 is 0 Å². The molecule has 0 unspecified atom stereocenters. The lowest BCUT2D eigenvalue weighted by Crippen LogP contribution is -2.48. The maximum atomic E-state index is 11.7. The monoisotopic (exact) mass is 499 g/mol. The zero-order valence-electron chi connectivity index (χ0n) is 21.8. The fourth-order valence-electron chi connectivity index (χ4n) is 7.65. The van der Waals surface area contributed by atoms with Crippen molar-refractivity contribution in [1.82, 2.24) is 4.90 Å². The van der Waals surface area contributed by atoms with Gasteiger partial charge in [-0.1, -0.05) is 11.8 Å². The van der Waals surface area contributed by atoms with Crippen molar-refractivity contribution in [3.8, 4) is 17.6 Å². The van der Waals surface area contributed by atoms with Crippen LogP contribution in [0.2, 0.25) is 0 Å². The molecule has 194 valence electrons. The lowest BCUT2D eigenvalue weighted by molar-refractivity contribution is -0.00669. The van der Waals surface area contributed by atoms with Gasteiger partial charge in [0.1, 0.15) is 12.4 Å². The van der Waals surface area contributed by atoms with Crippen molar-refractivity contribution in [2.75, 3.05) is 46.6 Å². The number of nitrogens with zero attached hydrogens (tertiary/aromatic N) is 1. The summed E-state index contributed by atoms with van der Waals surface area (Å²) in [5, 5.41) is 0. The zero-order valence-corrected chi connectivity index (χ0v) is 21.8. The van der Waals surface area contributed by atoms with E-state index in [1.165, 1.54) is 51.2 Å². The minimum Gasteiger partial charge on any atom is -0.492 e. The molecule has 0 atom stereocenters. The Morgan fingerprint density at radius 3 is 2.22 bits per heavy atom. The first-order valence-corrected chi connectivity index (χ1v) is 13.9. The molecule has 0 N–H and O–H groups in total. The van der Waals surface area contributed by atoms with E-state index in [0.29, 0.717) is 12.2 Å². The van der Waals surface area contributed by atoms with Gasteiger partial charge in [0.2, 0.25) is 0 Å².